The van der Waals surface area contributed by atoms with E-state index in [1.165, 1.54) is 24.3 Å². The quantitative estimate of drug-likeness (QED) is 0.411. The third-order valence-electron chi connectivity index (χ3n) is 2.93. The largest absolute Gasteiger partial charge is 1.00 e. The van der Waals surface area contributed by atoms with E-state index in [4.69, 9.17) is 0 Å². The van der Waals surface area contributed by atoms with E-state index in [2.05, 4.69) is 5.32 Å². The van der Waals surface area contributed by atoms with Crippen LogP contribution < -0.4 is 34.9 Å². The van der Waals surface area contributed by atoms with Crippen LogP contribution in [0.2, 0.25) is 0 Å². The van der Waals surface area contributed by atoms with Crippen molar-refractivity contribution in [2.45, 2.75) is 4.90 Å². The molecule has 0 heterocycles. The van der Waals surface area contributed by atoms with Gasteiger partial charge in [0.05, 0.1) is 47.2 Å². The maximum Gasteiger partial charge on any atom is 0.288 e. The highest BCUT2D eigenvalue weighted by molar-refractivity contribution is 7.90. The Morgan fingerprint density at radius 1 is 0.815 bits per heavy atom. The number of quaternary nitrogens is 2. The number of hydrogen-bond acceptors (Lipinski definition) is 4. The number of nitrogens with zero attached hydrogens (tertiary/aromatic N) is 2. The summed E-state index contributed by atoms with van der Waals surface area (Å²) in [4.78, 5) is 23.7. The second kappa shape index (κ2) is 10.2. The summed E-state index contributed by atoms with van der Waals surface area (Å²) in [5.41, 5.74) is 0.495. The Balaban J connectivity index is 0. The van der Waals surface area contributed by atoms with Crippen LogP contribution in [0.5, 0.6) is 0 Å². The molecule has 0 fully saturated rings. The second-order valence-corrected chi connectivity index (χ2v) is 9.68. The summed E-state index contributed by atoms with van der Waals surface area (Å²) < 4.78 is 27.3. The topological polar surface area (TPSA) is 92.3 Å². The van der Waals surface area contributed by atoms with E-state index >= 15 is 0 Å². The summed E-state index contributed by atoms with van der Waals surface area (Å²) in [5, 5.41) is 2.71. The number of likely N-dealkylation sites (N-methyl/N-ethyl adjacent to an activating group) is 2. The van der Waals surface area contributed by atoms with E-state index in [1.807, 2.05) is 25.9 Å². The van der Waals surface area contributed by atoms with Gasteiger partial charge < -0.3 is 39.1 Å². The summed E-state index contributed by atoms with van der Waals surface area (Å²) in [7, 11) is 7.13. The number of benzene rings is 1. The van der Waals surface area contributed by atoms with Crippen LogP contribution in [0.15, 0.2) is 29.2 Å². The first-order valence-electron chi connectivity index (χ1n) is 7.74. The van der Waals surface area contributed by atoms with Gasteiger partial charge in [-0.3, -0.25) is 9.59 Å². The number of nitrogens with one attached hydrogen (secondary N) is 2. The number of sulfonamides is 1. The molecule has 27 heavy (non-hydrogen) atoms. The predicted octanol–water partition coefficient (Wildman–Crippen LogP) is -6.15. The average Bonchev–Trinajstić information content (AvgIpc) is 2.33. The van der Waals surface area contributed by atoms with Gasteiger partial charge in [0, 0.05) is 5.69 Å². The van der Waals surface area contributed by atoms with Crippen LogP contribution in [0.1, 0.15) is 0 Å². The second-order valence-electron chi connectivity index (χ2n) is 8.00. The molecule has 0 aliphatic heterocycles. The monoisotopic (exact) mass is 442 g/mol. The molecule has 1 aromatic carbocycles. The first-order chi connectivity index (χ1) is 11.2. The van der Waals surface area contributed by atoms with E-state index in [1.54, 1.807) is 21.1 Å². The minimum absolute atomic E-state index is 0. The number of halogens is 2. The molecule has 0 radical (unpaired) electrons. The van der Waals surface area contributed by atoms with E-state index < -0.39 is 15.9 Å². The van der Waals surface area contributed by atoms with Gasteiger partial charge in [0.2, 0.25) is 0 Å². The smallest absolute Gasteiger partial charge is 0.288 e. The number of rotatable bonds is 7. The molecule has 1 rings (SSSR count). The van der Waals surface area contributed by atoms with Crippen molar-refractivity contribution in [3.63, 3.8) is 0 Å². The van der Waals surface area contributed by atoms with Crippen LogP contribution in [0.4, 0.5) is 5.69 Å². The number of amides is 2. The minimum atomic E-state index is -3.93. The molecule has 0 aromatic heterocycles. The zero-order valence-electron chi connectivity index (χ0n) is 16.4. The van der Waals surface area contributed by atoms with Crippen molar-refractivity contribution in [3.8, 4) is 0 Å². The molecule has 1 aromatic rings. The zero-order valence-corrected chi connectivity index (χ0v) is 18.7. The van der Waals surface area contributed by atoms with Crippen molar-refractivity contribution in [2.24, 2.45) is 0 Å². The Morgan fingerprint density at radius 3 is 1.63 bits per heavy atom. The molecule has 8 nitrogen and oxygen atoms in total. The molecule has 0 atom stereocenters. The highest BCUT2D eigenvalue weighted by atomic mass is 35.5. The lowest BCUT2D eigenvalue weighted by Crippen LogP contribution is -3.00. The first kappa shape index (κ1) is 27.8. The molecule has 2 N–H and O–H groups in total. The normalized spacial score (nSPS) is 11.6. The first-order valence-corrected chi connectivity index (χ1v) is 9.23. The van der Waals surface area contributed by atoms with Gasteiger partial charge in [-0.1, -0.05) is 0 Å². The van der Waals surface area contributed by atoms with Crippen LogP contribution >= 0.6 is 0 Å². The van der Waals surface area contributed by atoms with E-state index in [0.29, 0.717) is 21.2 Å². The molecule has 0 aliphatic rings. The molecule has 156 valence electrons. The summed E-state index contributed by atoms with van der Waals surface area (Å²) in [6.45, 7) is 0.333. The fraction of sp³-hybridized carbons (Fsp3) is 0.500. The highest BCUT2D eigenvalue weighted by Gasteiger charge is 2.22. The minimum Gasteiger partial charge on any atom is -1.00 e. The molecular weight excluding hydrogens is 415 g/mol. The summed E-state index contributed by atoms with van der Waals surface area (Å²) in [6, 6.07) is 5.69. The number of carbonyl (C=O) groups is 2. The van der Waals surface area contributed by atoms with Gasteiger partial charge in [0.1, 0.15) is 0 Å². The van der Waals surface area contributed by atoms with Crippen LogP contribution in [-0.2, 0) is 19.6 Å². The van der Waals surface area contributed by atoms with Crippen molar-refractivity contribution in [1.29, 1.82) is 0 Å². The van der Waals surface area contributed by atoms with Gasteiger partial charge in [0.25, 0.3) is 21.8 Å². The molecule has 0 bridgehead atoms. The maximum absolute atomic E-state index is 12.2. The van der Waals surface area contributed by atoms with E-state index in [9.17, 15) is 18.0 Å². The standard InChI is InChI=1S/C16H26N4O4S.2ClH/c1-19(2,3)11-15(21)17-13-7-9-14(10-8-13)25(23,24)18-16(22)12-20(4,5)6;;/h7-10H,11-12H2,1-6H3;2*1H. The molecule has 0 aliphatic carbocycles. The van der Waals surface area contributed by atoms with Crippen molar-refractivity contribution >= 4 is 27.5 Å². The van der Waals surface area contributed by atoms with E-state index in [-0.39, 0.29) is 42.2 Å². The molecule has 0 unspecified atom stereocenters. The Kier molecular flexibility index (Phi) is 10.5. The lowest BCUT2D eigenvalue weighted by molar-refractivity contribution is -0.862. The van der Waals surface area contributed by atoms with Crippen molar-refractivity contribution < 1.29 is 51.8 Å². The summed E-state index contributed by atoms with van der Waals surface area (Å²) >= 11 is 0. The molecule has 0 saturated carbocycles. The highest BCUT2D eigenvalue weighted by Crippen LogP contribution is 2.14. The third-order valence-corrected chi connectivity index (χ3v) is 4.32. The maximum atomic E-state index is 12.2. The molecule has 11 heteroatoms. The van der Waals surface area contributed by atoms with Gasteiger partial charge in [0.15, 0.2) is 13.1 Å². The number of anilines is 1. The lowest BCUT2D eigenvalue weighted by atomic mass is 10.3. The fourth-order valence-electron chi connectivity index (χ4n) is 2.02. The Bertz CT molecular complexity index is 739. The third kappa shape index (κ3) is 11.1. The summed E-state index contributed by atoms with van der Waals surface area (Å²) in [6.07, 6.45) is 0. The van der Waals surface area contributed by atoms with Gasteiger partial charge in [-0.2, -0.15) is 0 Å². The lowest BCUT2D eigenvalue weighted by Gasteiger charge is -2.23. The van der Waals surface area contributed by atoms with E-state index in [0.717, 1.165) is 0 Å². The van der Waals surface area contributed by atoms with Gasteiger partial charge in [-0.05, 0) is 24.3 Å². The van der Waals surface area contributed by atoms with Gasteiger partial charge >= 0.3 is 0 Å². The number of hydrogen-bond donors (Lipinski definition) is 2. The van der Waals surface area contributed by atoms with Gasteiger partial charge in [-0.25, -0.2) is 13.1 Å². The van der Waals surface area contributed by atoms with Crippen molar-refractivity contribution in [1.82, 2.24) is 4.72 Å². The Labute approximate surface area is 174 Å². The molecule has 2 amide bonds. The van der Waals surface area contributed by atoms with Crippen LogP contribution in [-0.4, -0.2) is 84.6 Å². The zero-order chi connectivity index (χ0) is 19.5. The number of carbonyl (C=O) groups excluding carboxylic acids is 2. The van der Waals surface area contributed by atoms with Crippen LogP contribution in [0, 0.1) is 0 Å². The van der Waals surface area contributed by atoms with Crippen LogP contribution in [0.25, 0.3) is 0 Å². The SMILES string of the molecule is C[N+](C)(C)CC(=O)Nc1ccc(S(=O)(=O)NC(=O)C[N+](C)(C)C)cc1.[Cl-].[Cl-]. The van der Waals surface area contributed by atoms with Gasteiger partial charge in [-0.15, -0.1) is 0 Å². The van der Waals surface area contributed by atoms with Crippen molar-refractivity contribution in [3.05, 3.63) is 24.3 Å². The molecule has 0 saturated heterocycles. The fourth-order valence-corrected chi connectivity index (χ4v) is 3.00. The van der Waals surface area contributed by atoms with Crippen LogP contribution in [0.3, 0.4) is 0 Å². The predicted molar refractivity (Wildman–Crippen MR) is 96.2 cm³/mol. The van der Waals surface area contributed by atoms with Crippen molar-refractivity contribution in [2.75, 3.05) is 60.7 Å². The summed E-state index contributed by atoms with van der Waals surface area (Å²) in [5.74, 6) is -0.743. The average molecular weight is 443 g/mol. The Morgan fingerprint density at radius 2 is 1.22 bits per heavy atom. The molecular formula is C16H28Cl2N4O4S. The Hall–Kier alpha value is -1.39. The molecule has 0 spiro atoms.